The van der Waals surface area contributed by atoms with Crippen molar-refractivity contribution in [1.29, 1.82) is 0 Å². The Kier molecular flexibility index (Phi) is 8.92. The summed E-state index contributed by atoms with van der Waals surface area (Å²) in [5.41, 5.74) is 1.61. The van der Waals surface area contributed by atoms with E-state index in [0.29, 0.717) is 27.6 Å². The third kappa shape index (κ3) is 7.81. The Morgan fingerprint density at radius 1 is 0.886 bits per heavy atom. The van der Waals surface area contributed by atoms with Crippen molar-refractivity contribution in [2.24, 2.45) is 0 Å². The lowest BCUT2D eigenvalue weighted by molar-refractivity contribution is -0.141. The molecule has 1 N–H and O–H groups in total. The number of benzene rings is 3. The molecule has 3 aromatic carbocycles. The standard InChI is InChI=1S/C28H29Cl2FN2O2/c1-28(2,3)32-27(35)25(16-19-8-5-4-6-9-19)33(18-22-23(29)10-7-11-24(22)30)26(34)17-20-12-14-21(31)15-13-20/h4-15,25H,16-18H2,1-3H3,(H,32,35)/t25-/m1/s1. The number of nitrogens with zero attached hydrogens (tertiary/aromatic N) is 1. The molecule has 0 saturated carbocycles. The summed E-state index contributed by atoms with van der Waals surface area (Å²) in [7, 11) is 0. The number of rotatable bonds is 8. The van der Waals surface area contributed by atoms with E-state index in [1.807, 2.05) is 51.1 Å². The van der Waals surface area contributed by atoms with Crippen molar-refractivity contribution >= 4 is 35.0 Å². The largest absolute Gasteiger partial charge is 0.350 e. The van der Waals surface area contributed by atoms with Gasteiger partial charge in [0.15, 0.2) is 0 Å². The van der Waals surface area contributed by atoms with Crippen LogP contribution in [0.15, 0.2) is 72.8 Å². The van der Waals surface area contributed by atoms with Crippen LogP contribution in [0, 0.1) is 5.82 Å². The second-order valence-corrected chi connectivity index (χ2v) is 10.3. The predicted octanol–water partition coefficient (Wildman–Crippen LogP) is 6.23. The molecule has 0 aliphatic heterocycles. The summed E-state index contributed by atoms with van der Waals surface area (Å²) < 4.78 is 13.4. The zero-order valence-corrected chi connectivity index (χ0v) is 21.5. The molecule has 0 aliphatic carbocycles. The molecule has 0 fully saturated rings. The summed E-state index contributed by atoms with van der Waals surface area (Å²) >= 11 is 12.9. The van der Waals surface area contributed by atoms with Crippen LogP contribution in [-0.4, -0.2) is 28.3 Å². The summed E-state index contributed by atoms with van der Waals surface area (Å²) in [4.78, 5) is 28.8. The fraction of sp³-hybridized carbons (Fsp3) is 0.286. The minimum Gasteiger partial charge on any atom is -0.350 e. The molecule has 3 rings (SSSR count). The maximum absolute atomic E-state index is 13.7. The number of carbonyl (C=O) groups excluding carboxylic acids is 2. The summed E-state index contributed by atoms with van der Waals surface area (Å²) in [6.07, 6.45) is 0.302. The predicted molar refractivity (Wildman–Crippen MR) is 139 cm³/mol. The summed E-state index contributed by atoms with van der Waals surface area (Å²) in [5.74, 6) is -0.956. The van der Waals surface area contributed by atoms with Gasteiger partial charge in [0, 0.05) is 34.1 Å². The quantitative estimate of drug-likeness (QED) is 0.387. The van der Waals surface area contributed by atoms with Crippen LogP contribution in [0.25, 0.3) is 0 Å². The van der Waals surface area contributed by atoms with Crippen LogP contribution in [0.1, 0.15) is 37.5 Å². The lowest BCUT2D eigenvalue weighted by atomic mass is 9.99. The van der Waals surface area contributed by atoms with Gasteiger partial charge in [0.05, 0.1) is 6.42 Å². The van der Waals surface area contributed by atoms with E-state index in [0.717, 1.165) is 5.56 Å². The highest BCUT2D eigenvalue weighted by Gasteiger charge is 2.33. The molecule has 35 heavy (non-hydrogen) atoms. The van der Waals surface area contributed by atoms with Crippen molar-refractivity contribution in [1.82, 2.24) is 10.2 Å². The number of amides is 2. The first-order valence-corrected chi connectivity index (χ1v) is 12.1. The van der Waals surface area contributed by atoms with Crippen LogP contribution in [0.3, 0.4) is 0 Å². The lowest BCUT2D eigenvalue weighted by Gasteiger charge is -2.34. The Bertz CT molecular complexity index is 1140. The first-order chi connectivity index (χ1) is 16.5. The molecule has 2 amide bonds. The highest BCUT2D eigenvalue weighted by molar-refractivity contribution is 6.36. The number of nitrogens with one attached hydrogen (secondary N) is 1. The van der Waals surface area contributed by atoms with Crippen molar-refractivity contribution < 1.29 is 14.0 Å². The van der Waals surface area contributed by atoms with Gasteiger partial charge < -0.3 is 10.2 Å². The first-order valence-electron chi connectivity index (χ1n) is 11.4. The molecule has 0 saturated heterocycles. The normalized spacial score (nSPS) is 12.2. The Labute approximate surface area is 216 Å². The molecule has 0 radical (unpaired) electrons. The minimum absolute atomic E-state index is 0.00353. The van der Waals surface area contributed by atoms with Crippen LogP contribution in [0.2, 0.25) is 10.0 Å². The molecule has 0 bridgehead atoms. The van der Waals surface area contributed by atoms with Crippen LogP contribution in [-0.2, 0) is 29.0 Å². The smallest absolute Gasteiger partial charge is 0.243 e. The van der Waals surface area contributed by atoms with Gasteiger partial charge in [-0.1, -0.05) is 71.7 Å². The van der Waals surface area contributed by atoms with Gasteiger partial charge in [0.2, 0.25) is 11.8 Å². The van der Waals surface area contributed by atoms with E-state index in [2.05, 4.69) is 5.32 Å². The fourth-order valence-corrected chi connectivity index (χ4v) is 4.26. The van der Waals surface area contributed by atoms with E-state index in [-0.39, 0.29) is 30.6 Å². The van der Waals surface area contributed by atoms with E-state index >= 15 is 0 Å². The van der Waals surface area contributed by atoms with Crippen molar-refractivity contribution in [2.75, 3.05) is 0 Å². The summed E-state index contributed by atoms with van der Waals surface area (Å²) in [6, 6.07) is 19.6. The Hall–Kier alpha value is -2.89. The maximum atomic E-state index is 13.7. The summed E-state index contributed by atoms with van der Waals surface area (Å²) in [5, 5.41) is 3.83. The number of carbonyl (C=O) groups is 2. The van der Waals surface area contributed by atoms with Crippen LogP contribution < -0.4 is 5.32 Å². The van der Waals surface area contributed by atoms with Gasteiger partial charge in [0.25, 0.3) is 0 Å². The molecule has 0 heterocycles. The highest BCUT2D eigenvalue weighted by Crippen LogP contribution is 2.27. The SMILES string of the molecule is CC(C)(C)NC(=O)[C@@H](Cc1ccccc1)N(Cc1c(Cl)cccc1Cl)C(=O)Cc1ccc(F)cc1. The third-order valence-corrected chi connectivity index (χ3v) is 6.14. The molecular formula is C28H29Cl2FN2O2. The van der Waals surface area contributed by atoms with Crippen molar-refractivity contribution in [2.45, 2.75) is 51.7 Å². The van der Waals surface area contributed by atoms with E-state index in [4.69, 9.17) is 23.2 Å². The van der Waals surface area contributed by atoms with Gasteiger partial charge in [-0.25, -0.2) is 4.39 Å². The van der Waals surface area contributed by atoms with Gasteiger partial charge >= 0.3 is 0 Å². The van der Waals surface area contributed by atoms with Crippen molar-refractivity contribution in [3.05, 3.63) is 105 Å². The van der Waals surface area contributed by atoms with Crippen LogP contribution in [0.4, 0.5) is 4.39 Å². The topological polar surface area (TPSA) is 49.4 Å². The van der Waals surface area contributed by atoms with Gasteiger partial charge in [0.1, 0.15) is 11.9 Å². The number of hydrogen-bond acceptors (Lipinski definition) is 2. The van der Waals surface area contributed by atoms with E-state index in [1.165, 1.54) is 17.0 Å². The zero-order chi connectivity index (χ0) is 25.6. The molecule has 0 spiro atoms. The van der Waals surface area contributed by atoms with Crippen LogP contribution in [0.5, 0.6) is 0 Å². The molecule has 1 atom stereocenters. The van der Waals surface area contributed by atoms with Crippen molar-refractivity contribution in [3.8, 4) is 0 Å². The monoisotopic (exact) mass is 514 g/mol. The summed E-state index contributed by atoms with van der Waals surface area (Å²) in [6.45, 7) is 5.72. The Balaban J connectivity index is 2.03. The van der Waals surface area contributed by atoms with Gasteiger partial charge in [-0.2, -0.15) is 0 Å². The molecule has 184 valence electrons. The van der Waals surface area contributed by atoms with Gasteiger partial charge in [-0.3, -0.25) is 9.59 Å². The minimum atomic E-state index is -0.822. The molecule has 4 nitrogen and oxygen atoms in total. The molecule has 0 aliphatic rings. The van der Waals surface area contributed by atoms with E-state index < -0.39 is 11.6 Å². The molecule has 7 heteroatoms. The Morgan fingerprint density at radius 3 is 2.06 bits per heavy atom. The van der Waals surface area contributed by atoms with Crippen LogP contribution >= 0.6 is 23.2 Å². The Morgan fingerprint density at radius 2 is 1.49 bits per heavy atom. The first kappa shape index (κ1) is 26.7. The van der Waals surface area contributed by atoms with Gasteiger partial charge in [-0.05, 0) is 56.2 Å². The molecular weight excluding hydrogens is 486 g/mol. The molecule has 0 aromatic heterocycles. The number of hydrogen-bond donors (Lipinski definition) is 1. The highest BCUT2D eigenvalue weighted by atomic mass is 35.5. The number of halogens is 3. The zero-order valence-electron chi connectivity index (χ0n) is 20.0. The van der Waals surface area contributed by atoms with E-state index in [9.17, 15) is 14.0 Å². The second kappa shape index (κ2) is 11.7. The van der Waals surface area contributed by atoms with E-state index in [1.54, 1.807) is 30.3 Å². The van der Waals surface area contributed by atoms with Gasteiger partial charge in [-0.15, -0.1) is 0 Å². The fourth-order valence-electron chi connectivity index (χ4n) is 3.74. The average Bonchev–Trinajstić information content (AvgIpc) is 2.79. The van der Waals surface area contributed by atoms with Crippen molar-refractivity contribution in [3.63, 3.8) is 0 Å². The average molecular weight is 515 g/mol. The lowest BCUT2D eigenvalue weighted by Crippen LogP contribution is -2.54. The maximum Gasteiger partial charge on any atom is 0.243 e. The molecule has 3 aromatic rings. The second-order valence-electron chi connectivity index (χ2n) is 9.47. The third-order valence-electron chi connectivity index (χ3n) is 5.43. The molecule has 0 unspecified atom stereocenters.